The molecule has 66 valence electrons. The molecule has 4 heteroatoms. The number of hydrogen-bond donors (Lipinski definition) is 1. The molecule has 0 aliphatic heterocycles. The topological polar surface area (TPSA) is 56.7 Å². The third-order valence-corrected chi connectivity index (χ3v) is 1.73. The van der Waals surface area contributed by atoms with Gasteiger partial charge in [0.25, 0.3) is 0 Å². The second kappa shape index (κ2) is 2.90. The van der Waals surface area contributed by atoms with E-state index in [9.17, 15) is 0 Å². The molecule has 0 aliphatic rings. The summed E-state index contributed by atoms with van der Waals surface area (Å²) in [4.78, 5) is 4.14. The highest BCUT2D eigenvalue weighted by molar-refractivity contribution is 5.42. The highest BCUT2D eigenvalue weighted by Crippen LogP contribution is 2.07. The van der Waals surface area contributed by atoms with Crippen LogP contribution in [0.4, 0.5) is 5.69 Å². The zero-order valence-electron chi connectivity index (χ0n) is 7.31. The molecule has 13 heavy (non-hydrogen) atoms. The first-order valence-corrected chi connectivity index (χ1v) is 4.00. The molecule has 2 aromatic heterocycles. The molecule has 2 N–H and O–H groups in total. The van der Waals surface area contributed by atoms with Crippen molar-refractivity contribution in [3.05, 3.63) is 36.3 Å². The lowest BCUT2D eigenvalue weighted by atomic mass is 10.4. The molecule has 2 aromatic rings. The highest BCUT2D eigenvalue weighted by Gasteiger charge is 1.98. The van der Waals surface area contributed by atoms with Crippen molar-refractivity contribution in [1.82, 2.24) is 14.8 Å². The molecule has 0 fully saturated rings. The van der Waals surface area contributed by atoms with Gasteiger partial charge in [0.05, 0.1) is 5.69 Å². The second-order valence-corrected chi connectivity index (χ2v) is 2.85. The first-order chi connectivity index (χ1) is 6.25. The Kier molecular flexibility index (Phi) is 1.73. The van der Waals surface area contributed by atoms with Crippen LogP contribution >= 0.6 is 0 Å². The molecule has 2 rings (SSSR count). The van der Waals surface area contributed by atoms with Gasteiger partial charge < -0.3 is 5.73 Å². The Bertz CT molecular complexity index is 419. The van der Waals surface area contributed by atoms with Crippen LogP contribution < -0.4 is 5.73 Å². The lowest BCUT2D eigenvalue weighted by Crippen LogP contribution is -1.99. The van der Waals surface area contributed by atoms with E-state index in [2.05, 4.69) is 10.1 Å². The minimum absolute atomic E-state index is 0.693. The molecule has 0 radical (unpaired) electrons. The van der Waals surface area contributed by atoms with Crippen LogP contribution in [0, 0.1) is 6.92 Å². The predicted octanol–water partition coefficient (Wildman–Crippen LogP) is 1.16. The smallest absolute Gasteiger partial charge is 0.155 e. The van der Waals surface area contributed by atoms with Crippen molar-refractivity contribution in [2.24, 2.45) is 0 Å². The molecule has 0 saturated carbocycles. The minimum atomic E-state index is 0.693. The first kappa shape index (κ1) is 7.79. The van der Waals surface area contributed by atoms with Gasteiger partial charge in [-0.15, -0.1) is 0 Å². The standard InChI is InChI=1S/C9H10N4/c1-7-3-5-13(12-7)9-6-8(10)2-4-11-9/h2-6H,1H3,(H2,10,11). The molecule has 0 atom stereocenters. The van der Waals surface area contributed by atoms with Crippen LogP contribution in [-0.2, 0) is 0 Å². The molecule has 0 unspecified atom stereocenters. The summed E-state index contributed by atoms with van der Waals surface area (Å²) in [6.45, 7) is 1.93. The lowest BCUT2D eigenvalue weighted by molar-refractivity contribution is 0.833. The SMILES string of the molecule is Cc1ccn(-c2cc(N)ccn2)n1. The maximum atomic E-state index is 5.62. The van der Waals surface area contributed by atoms with Crippen molar-refractivity contribution in [1.29, 1.82) is 0 Å². The van der Waals surface area contributed by atoms with Crippen LogP contribution in [0.2, 0.25) is 0 Å². The van der Waals surface area contributed by atoms with E-state index >= 15 is 0 Å². The molecular weight excluding hydrogens is 164 g/mol. The highest BCUT2D eigenvalue weighted by atomic mass is 15.3. The Hall–Kier alpha value is -1.84. The molecular formula is C9H10N4. The van der Waals surface area contributed by atoms with Gasteiger partial charge in [0.1, 0.15) is 0 Å². The fraction of sp³-hybridized carbons (Fsp3) is 0.111. The van der Waals surface area contributed by atoms with Crippen LogP contribution in [0.25, 0.3) is 5.82 Å². The van der Waals surface area contributed by atoms with Gasteiger partial charge in [-0.2, -0.15) is 5.10 Å². The first-order valence-electron chi connectivity index (χ1n) is 4.00. The lowest BCUT2D eigenvalue weighted by Gasteiger charge is -1.99. The Morgan fingerprint density at radius 3 is 2.85 bits per heavy atom. The fourth-order valence-corrected chi connectivity index (χ4v) is 1.10. The zero-order valence-corrected chi connectivity index (χ0v) is 7.31. The number of nitrogen functional groups attached to an aromatic ring is 1. The molecule has 4 nitrogen and oxygen atoms in total. The van der Waals surface area contributed by atoms with Crippen molar-refractivity contribution < 1.29 is 0 Å². The van der Waals surface area contributed by atoms with E-state index in [4.69, 9.17) is 5.73 Å². The van der Waals surface area contributed by atoms with Crippen molar-refractivity contribution in [3.63, 3.8) is 0 Å². The van der Waals surface area contributed by atoms with Crippen LogP contribution in [0.5, 0.6) is 0 Å². The van der Waals surface area contributed by atoms with Crippen LogP contribution in [0.3, 0.4) is 0 Å². The van der Waals surface area contributed by atoms with Crippen molar-refractivity contribution in [3.8, 4) is 5.82 Å². The van der Waals surface area contributed by atoms with Gasteiger partial charge in [0.2, 0.25) is 0 Å². The van der Waals surface area contributed by atoms with Gasteiger partial charge in [-0.05, 0) is 19.1 Å². The van der Waals surface area contributed by atoms with Crippen molar-refractivity contribution in [2.45, 2.75) is 6.92 Å². The van der Waals surface area contributed by atoms with Gasteiger partial charge >= 0.3 is 0 Å². The van der Waals surface area contributed by atoms with Crippen LogP contribution in [-0.4, -0.2) is 14.8 Å². The van der Waals surface area contributed by atoms with Crippen LogP contribution in [0.15, 0.2) is 30.6 Å². The number of pyridine rings is 1. The zero-order chi connectivity index (χ0) is 9.26. The quantitative estimate of drug-likeness (QED) is 0.705. The molecule has 0 aromatic carbocycles. The molecule has 0 bridgehead atoms. The summed E-state index contributed by atoms with van der Waals surface area (Å²) in [5, 5.41) is 4.22. The number of rotatable bonds is 1. The summed E-state index contributed by atoms with van der Waals surface area (Å²) in [6.07, 6.45) is 3.53. The van der Waals surface area contributed by atoms with E-state index in [0.29, 0.717) is 5.69 Å². The van der Waals surface area contributed by atoms with Gasteiger partial charge in [-0.1, -0.05) is 0 Å². The molecule has 0 amide bonds. The maximum absolute atomic E-state index is 5.62. The minimum Gasteiger partial charge on any atom is -0.399 e. The normalized spacial score (nSPS) is 10.2. The van der Waals surface area contributed by atoms with E-state index < -0.39 is 0 Å². The van der Waals surface area contributed by atoms with E-state index in [1.165, 1.54) is 0 Å². The van der Waals surface area contributed by atoms with Gasteiger partial charge in [0, 0.05) is 24.1 Å². The second-order valence-electron chi connectivity index (χ2n) is 2.85. The Morgan fingerprint density at radius 2 is 2.23 bits per heavy atom. The molecule has 2 heterocycles. The number of aromatic nitrogens is 3. The van der Waals surface area contributed by atoms with Crippen molar-refractivity contribution >= 4 is 5.69 Å². The third kappa shape index (κ3) is 1.51. The van der Waals surface area contributed by atoms with Gasteiger partial charge in [-0.25, -0.2) is 9.67 Å². The molecule has 0 aliphatic carbocycles. The molecule has 0 spiro atoms. The Labute approximate surface area is 76.0 Å². The average Bonchev–Trinajstić information content (AvgIpc) is 2.52. The van der Waals surface area contributed by atoms with E-state index in [0.717, 1.165) is 11.5 Å². The number of nitrogens with two attached hydrogens (primary N) is 1. The number of anilines is 1. The van der Waals surface area contributed by atoms with Crippen molar-refractivity contribution in [2.75, 3.05) is 5.73 Å². The number of aryl methyl sites for hydroxylation is 1. The summed E-state index contributed by atoms with van der Waals surface area (Å²) in [5.41, 5.74) is 7.28. The Morgan fingerprint density at radius 1 is 1.38 bits per heavy atom. The number of hydrogen-bond acceptors (Lipinski definition) is 3. The maximum Gasteiger partial charge on any atom is 0.155 e. The monoisotopic (exact) mass is 174 g/mol. The summed E-state index contributed by atoms with van der Waals surface area (Å²) in [5.74, 6) is 0.744. The Balaban J connectivity index is 2.46. The summed E-state index contributed by atoms with van der Waals surface area (Å²) < 4.78 is 1.70. The predicted molar refractivity (Wildman–Crippen MR) is 50.5 cm³/mol. The van der Waals surface area contributed by atoms with E-state index in [1.807, 2.05) is 19.2 Å². The van der Waals surface area contributed by atoms with E-state index in [-0.39, 0.29) is 0 Å². The van der Waals surface area contributed by atoms with Gasteiger partial charge in [-0.3, -0.25) is 0 Å². The summed E-state index contributed by atoms with van der Waals surface area (Å²) in [6, 6.07) is 5.46. The van der Waals surface area contributed by atoms with Crippen LogP contribution in [0.1, 0.15) is 5.69 Å². The van der Waals surface area contributed by atoms with Gasteiger partial charge in [0.15, 0.2) is 5.82 Å². The third-order valence-electron chi connectivity index (χ3n) is 1.73. The number of nitrogens with zero attached hydrogens (tertiary/aromatic N) is 3. The fourth-order valence-electron chi connectivity index (χ4n) is 1.10. The average molecular weight is 174 g/mol. The largest absolute Gasteiger partial charge is 0.399 e. The summed E-state index contributed by atoms with van der Waals surface area (Å²) >= 11 is 0. The molecule has 0 saturated heterocycles. The summed E-state index contributed by atoms with van der Waals surface area (Å²) in [7, 11) is 0. The van der Waals surface area contributed by atoms with E-state index in [1.54, 1.807) is 23.0 Å².